The first kappa shape index (κ1) is 14.9. The number of likely N-dealkylation sites (tertiary alicyclic amines) is 1. The molecular formula is C16H25N3O. The summed E-state index contributed by atoms with van der Waals surface area (Å²) in [4.78, 5) is 16.8. The summed E-state index contributed by atoms with van der Waals surface area (Å²) in [5, 5.41) is 3.09. The molecule has 1 aliphatic rings. The molecule has 110 valence electrons. The van der Waals surface area contributed by atoms with Crippen molar-refractivity contribution in [2.24, 2.45) is 5.92 Å². The van der Waals surface area contributed by atoms with Gasteiger partial charge in [-0.25, -0.2) is 0 Å². The van der Waals surface area contributed by atoms with Gasteiger partial charge in [-0.1, -0.05) is 12.1 Å². The first-order valence-corrected chi connectivity index (χ1v) is 7.32. The maximum absolute atomic E-state index is 12.5. The van der Waals surface area contributed by atoms with Gasteiger partial charge in [0.1, 0.15) is 0 Å². The molecule has 1 aliphatic heterocycles. The average molecular weight is 275 g/mol. The number of hydrogen-bond acceptors (Lipinski definition) is 3. The van der Waals surface area contributed by atoms with Crippen molar-refractivity contribution in [2.75, 3.05) is 46.1 Å². The number of rotatable bonds is 4. The quantitative estimate of drug-likeness (QED) is 0.914. The third-order valence-electron chi connectivity index (χ3n) is 4.14. The molecule has 0 aliphatic carbocycles. The van der Waals surface area contributed by atoms with Crippen molar-refractivity contribution in [1.82, 2.24) is 9.80 Å². The van der Waals surface area contributed by atoms with Gasteiger partial charge in [-0.2, -0.15) is 0 Å². The van der Waals surface area contributed by atoms with Crippen LogP contribution in [0.1, 0.15) is 23.2 Å². The summed E-state index contributed by atoms with van der Waals surface area (Å²) < 4.78 is 0. The largest absolute Gasteiger partial charge is 0.387 e. The Labute approximate surface area is 121 Å². The topological polar surface area (TPSA) is 35.6 Å². The number of piperidine rings is 1. The lowest BCUT2D eigenvalue weighted by atomic mass is 9.96. The summed E-state index contributed by atoms with van der Waals surface area (Å²) in [5.74, 6) is 0.732. The molecule has 1 saturated heterocycles. The van der Waals surface area contributed by atoms with Crippen molar-refractivity contribution in [1.29, 1.82) is 0 Å². The fraction of sp³-hybridized carbons (Fsp3) is 0.562. The normalized spacial score (nSPS) is 16.9. The number of nitrogens with one attached hydrogen (secondary N) is 1. The van der Waals surface area contributed by atoms with Crippen LogP contribution < -0.4 is 5.32 Å². The second kappa shape index (κ2) is 6.75. The number of carbonyl (C=O) groups is 1. The lowest BCUT2D eigenvalue weighted by molar-refractivity contribution is 0.0748. The highest BCUT2D eigenvalue weighted by Crippen LogP contribution is 2.20. The van der Waals surface area contributed by atoms with Gasteiger partial charge < -0.3 is 15.1 Å². The molecule has 0 saturated carbocycles. The van der Waals surface area contributed by atoms with E-state index in [9.17, 15) is 4.79 Å². The summed E-state index contributed by atoms with van der Waals surface area (Å²) in [6, 6.07) is 7.69. The smallest absolute Gasteiger partial charge is 0.255 e. The van der Waals surface area contributed by atoms with Crippen LogP contribution in [0.3, 0.4) is 0 Å². The fourth-order valence-electron chi connectivity index (χ4n) is 2.81. The molecule has 0 aromatic heterocycles. The summed E-state index contributed by atoms with van der Waals surface area (Å²) in [7, 11) is 5.92. The van der Waals surface area contributed by atoms with Crippen molar-refractivity contribution in [3.63, 3.8) is 0 Å². The van der Waals surface area contributed by atoms with Crippen LogP contribution in [-0.2, 0) is 0 Å². The van der Waals surface area contributed by atoms with Gasteiger partial charge in [0.05, 0.1) is 5.56 Å². The minimum atomic E-state index is 0.105. The summed E-state index contributed by atoms with van der Waals surface area (Å²) in [5.41, 5.74) is 1.65. The van der Waals surface area contributed by atoms with Gasteiger partial charge in [0, 0.05) is 26.3 Å². The number of benzene rings is 1. The molecule has 4 heteroatoms. The van der Waals surface area contributed by atoms with Crippen molar-refractivity contribution in [3.05, 3.63) is 29.8 Å². The summed E-state index contributed by atoms with van der Waals surface area (Å²) in [6.45, 7) is 3.13. The minimum absolute atomic E-state index is 0.105. The van der Waals surface area contributed by atoms with Gasteiger partial charge >= 0.3 is 0 Å². The SMILES string of the molecule is CNc1ccccc1C(=O)N(C)CC1CCN(C)CC1. The van der Waals surface area contributed by atoms with Crippen LogP contribution in [0.5, 0.6) is 0 Å². The number of anilines is 1. The molecular weight excluding hydrogens is 250 g/mol. The second-order valence-electron chi connectivity index (χ2n) is 5.73. The third kappa shape index (κ3) is 3.51. The van der Waals surface area contributed by atoms with Crippen LogP contribution in [0.2, 0.25) is 0 Å². The molecule has 1 aromatic carbocycles. The standard InChI is InChI=1S/C16H25N3O/c1-17-15-7-5-4-6-14(15)16(20)19(3)12-13-8-10-18(2)11-9-13/h4-7,13,17H,8-12H2,1-3H3. The van der Waals surface area contributed by atoms with Crippen LogP contribution in [-0.4, -0.2) is 56.5 Å². The van der Waals surface area contributed by atoms with Crippen LogP contribution in [0, 0.1) is 5.92 Å². The predicted octanol–water partition coefficient (Wildman–Crippen LogP) is 2.14. The van der Waals surface area contributed by atoms with Gasteiger partial charge in [-0.15, -0.1) is 0 Å². The summed E-state index contributed by atoms with van der Waals surface area (Å²) in [6.07, 6.45) is 2.36. The molecule has 1 fully saturated rings. The average Bonchev–Trinajstić information content (AvgIpc) is 2.48. The van der Waals surface area contributed by atoms with E-state index in [4.69, 9.17) is 0 Å². The third-order valence-corrected chi connectivity index (χ3v) is 4.14. The van der Waals surface area contributed by atoms with E-state index in [1.165, 1.54) is 12.8 Å². The van der Waals surface area contributed by atoms with E-state index in [0.717, 1.165) is 30.9 Å². The van der Waals surface area contributed by atoms with E-state index >= 15 is 0 Å². The molecule has 0 spiro atoms. The Morgan fingerprint density at radius 3 is 2.65 bits per heavy atom. The zero-order chi connectivity index (χ0) is 14.5. The van der Waals surface area contributed by atoms with Gasteiger partial charge in [0.25, 0.3) is 5.91 Å². The van der Waals surface area contributed by atoms with E-state index in [1.54, 1.807) is 0 Å². The van der Waals surface area contributed by atoms with Gasteiger partial charge in [-0.05, 0) is 51.0 Å². The molecule has 0 atom stereocenters. The lowest BCUT2D eigenvalue weighted by Gasteiger charge is -2.31. The molecule has 20 heavy (non-hydrogen) atoms. The van der Waals surface area contributed by atoms with Gasteiger partial charge in [0.2, 0.25) is 0 Å². The molecule has 0 bridgehead atoms. The monoisotopic (exact) mass is 275 g/mol. The Morgan fingerprint density at radius 2 is 2.00 bits per heavy atom. The molecule has 1 heterocycles. The van der Waals surface area contributed by atoms with Crippen molar-refractivity contribution >= 4 is 11.6 Å². The van der Waals surface area contributed by atoms with Crippen molar-refractivity contribution in [2.45, 2.75) is 12.8 Å². The Bertz CT molecular complexity index is 453. The molecule has 2 rings (SSSR count). The van der Waals surface area contributed by atoms with E-state index in [-0.39, 0.29) is 5.91 Å². The van der Waals surface area contributed by atoms with Crippen molar-refractivity contribution in [3.8, 4) is 0 Å². The number of nitrogens with zero attached hydrogens (tertiary/aromatic N) is 2. The first-order valence-electron chi connectivity index (χ1n) is 7.32. The Hall–Kier alpha value is -1.55. The highest BCUT2D eigenvalue weighted by atomic mass is 16.2. The first-order chi connectivity index (χ1) is 9.61. The molecule has 1 aromatic rings. The Balaban J connectivity index is 1.98. The minimum Gasteiger partial charge on any atom is -0.387 e. The van der Waals surface area contributed by atoms with E-state index in [2.05, 4.69) is 17.3 Å². The van der Waals surface area contributed by atoms with Crippen LogP contribution in [0.4, 0.5) is 5.69 Å². The number of carbonyl (C=O) groups excluding carboxylic acids is 1. The van der Waals surface area contributed by atoms with Gasteiger partial charge in [-0.3, -0.25) is 4.79 Å². The zero-order valence-corrected chi connectivity index (χ0v) is 12.7. The molecule has 1 amide bonds. The van der Waals surface area contributed by atoms with E-state index < -0.39 is 0 Å². The lowest BCUT2D eigenvalue weighted by Crippen LogP contribution is -2.38. The van der Waals surface area contributed by atoms with Gasteiger partial charge in [0.15, 0.2) is 0 Å². The van der Waals surface area contributed by atoms with Crippen LogP contribution in [0.15, 0.2) is 24.3 Å². The number of amides is 1. The number of para-hydroxylation sites is 1. The van der Waals surface area contributed by atoms with Crippen molar-refractivity contribution < 1.29 is 4.79 Å². The fourth-order valence-corrected chi connectivity index (χ4v) is 2.81. The highest BCUT2D eigenvalue weighted by Gasteiger charge is 2.21. The summed E-state index contributed by atoms with van der Waals surface area (Å²) >= 11 is 0. The number of hydrogen-bond donors (Lipinski definition) is 1. The molecule has 4 nitrogen and oxygen atoms in total. The highest BCUT2D eigenvalue weighted by molar-refractivity contribution is 5.99. The predicted molar refractivity (Wildman–Crippen MR) is 83.2 cm³/mol. The van der Waals surface area contributed by atoms with Crippen LogP contribution in [0.25, 0.3) is 0 Å². The van der Waals surface area contributed by atoms with Crippen LogP contribution >= 0.6 is 0 Å². The maximum atomic E-state index is 12.5. The maximum Gasteiger partial charge on any atom is 0.255 e. The van der Waals surface area contributed by atoms with E-state index in [1.807, 2.05) is 43.3 Å². The Kier molecular flexibility index (Phi) is 5.01. The second-order valence-corrected chi connectivity index (χ2v) is 5.73. The van der Waals surface area contributed by atoms with E-state index in [0.29, 0.717) is 5.92 Å². The zero-order valence-electron chi connectivity index (χ0n) is 12.7. The molecule has 0 unspecified atom stereocenters. The molecule has 1 N–H and O–H groups in total. The Morgan fingerprint density at radius 1 is 1.35 bits per heavy atom. The molecule has 0 radical (unpaired) electrons.